The van der Waals surface area contributed by atoms with Gasteiger partial charge in [0.2, 0.25) is 0 Å². The van der Waals surface area contributed by atoms with E-state index in [0.29, 0.717) is 18.7 Å². The van der Waals surface area contributed by atoms with Crippen LogP contribution in [0.1, 0.15) is 29.0 Å². The van der Waals surface area contributed by atoms with Crippen molar-refractivity contribution in [1.29, 1.82) is 0 Å². The van der Waals surface area contributed by atoms with E-state index in [4.69, 9.17) is 0 Å². The first-order valence-electron chi connectivity index (χ1n) is 7.44. The van der Waals surface area contributed by atoms with Gasteiger partial charge in [0.1, 0.15) is 23.0 Å². The maximum atomic E-state index is 13.9. The first kappa shape index (κ1) is 15.5. The summed E-state index contributed by atoms with van der Waals surface area (Å²) in [6.07, 6.45) is 2.36. The van der Waals surface area contributed by atoms with Crippen molar-refractivity contribution < 1.29 is 13.6 Å². The number of halogens is 2. The zero-order valence-electron chi connectivity index (χ0n) is 13.0. The lowest BCUT2D eigenvalue weighted by molar-refractivity contribution is 0.0982. The van der Waals surface area contributed by atoms with Crippen molar-refractivity contribution in [2.45, 2.75) is 25.8 Å². The second-order valence-corrected chi connectivity index (χ2v) is 5.68. The monoisotopic (exact) mass is 321 g/mol. The molecule has 1 aromatic heterocycles. The highest BCUT2D eigenvalue weighted by Gasteiger charge is 2.29. The van der Waals surface area contributed by atoms with E-state index >= 15 is 0 Å². The van der Waals surface area contributed by atoms with E-state index in [-0.39, 0.29) is 11.4 Å². The SMILES string of the molecule is CN(C(=O)c1c2n(c(=O)n1C)CCCC2)c1c(F)cccc1F. The minimum Gasteiger partial charge on any atom is -0.305 e. The van der Waals surface area contributed by atoms with Gasteiger partial charge in [-0.3, -0.25) is 13.9 Å². The van der Waals surface area contributed by atoms with Crippen LogP contribution in [0.5, 0.6) is 0 Å². The Labute approximate surface area is 131 Å². The van der Waals surface area contributed by atoms with Gasteiger partial charge in [-0.15, -0.1) is 0 Å². The van der Waals surface area contributed by atoms with E-state index in [2.05, 4.69) is 0 Å². The summed E-state index contributed by atoms with van der Waals surface area (Å²) in [4.78, 5) is 25.9. The Hall–Kier alpha value is -2.44. The highest BCUT2D eigenvalue weighted by Crippen LogP contribution is 2.25. The van der Waals surface area contributed by atoms with Gasteiger partial charge in [-0.1, -0.05) is 6.07 Å². The molecule has 1 aliphatic rings. The molecule has 0 unspecified atom stereocenters. The van der Waals surface area contributed by atoms with E-state index in [1.165, 1.54) is 24.7 Å². The normalized spacial score (nSPS) is 13.7. The highest BCUT2D eigenvalue weighted by atomic mass is 19.1. The molecule has 0 saturated heterocycles. The topological polar surface area (TPSA) is 47.2 Å². The van der Waals surface area contributed by atoms with Gasteiger partial charge >= 0.3 is 5.69 Å². The number of hydrogen-bond donors (Lipinski definition) is 0. The zero-order valence-corrected chi connectivity index (χ0v) is 13.0. The molecule has 1 amide bonds. The predicted molar refractivity (Wildman–Crippen MR) is 81.7 cm³/mol. The van der Waals surface area contributed by atoms with Crippen LogP contribution in [0.15, 0.2) is 23.0 Å². The smallest absolute Gasteiger partial charge is 0.305 e. The number of carbonyl (C=O) groups is 1. The quantitative estimate of drug-likeness (QED) is 0.850. The number of carbonyl (C=O) groups excluding carboxylic acids is 1. The molecule has 23 heavy (non-hydrogen) atoms. The predicted octanol–water partition coefficient (Wildman–Crippen LogP) is 2.08. The molecule has 1 aliphatic heterocycles. The molecule has 0 fully saturated rings. The van der Waals surface area contributed by atoms with Crippen LogP contribution in [-0.2, 0) is 20.0 Å². The summed E-state index contributed by atoms with van der Waals surface area (Å²) in [6, 6.07) is 3.43. The molecular weight excluding hydrogens is 304 g/mol. The van der Waals surface area contributed by atoms with Crippen molar-refractivity contribution in [3.8, 4) is 0 Å². The number of imidazole rings is 1. The number of fused-ring (bicyclic) bond motifs is 1. The van der Waals surface area contributed by atoms with E-state index in [1.54, 1.807) is 4.57 Å². The van der Waals surface area contributed by atoms with Gasteiger partial charge in [0.15, 0.2) is 0 Å². The van der Waals surface area contributed by atoms with Crippen LogP contribution in [0.4, 0.5) is 14.5 Å². The van der Waals surface area contributed by atoms with Crippen molar-refractivity contribution in [3.63, 3.8) is 0 Å². The van der Waals surface area contributed by atoms with Gasteiger partial charge in [-0.25, -0.2) is 13.6 Å². The Bertz CT molecular complexity index is 818. The average molecular weight is 321 g/mol. The van der Waals surface area contributed by atoms with Gasteiger partial charge < -0.3 is 4.90 Å². The molecule has 0 atom stereocenters. The van der Waals surface area contributed by atoms with Crippen molar-refractivity contribution in [2.75, 3.05) is 11.9 Å². The lowest BCUT2D eigenvalue weighted by atomic mass is 10.1. The van der Waals surface area contributed by atoms with Crippen LogP contribution in [0, 0.1) is 11.6 Å². The third kappa shape index (κ3) is 2.36. The summed E-state index contributed by atoms with van der Waals surface area (Å²) >= 11 is 0. The van der Waals surface area contributed by atoms with Gasteiger partial charge in [-0.2, -0.15) is 0 Å². The Morgan fingerprint density at radius 1 is 1.22 bits per heavy atom. The Kier molecular flexibility index (Phi) is 3.79. The maximum Gasteiger partial charge on any atom is 0.328 e. The fourth-order valence-corrected chi connectivity index (χ4v) is 3.10. The molecule has 0 saturated carbocycles. The first-order chi connectivity index (χ1) is 10.9. The minimum atomic E-state index is -0.820. The Morgan fingerprint density at radius 3 is 2.52 bits per heavy atom. The molecule has 0 spiro atoms. The van der Waals surface area contributed by atoms with Gasteiger partial charge in [-0.05, 0) is 31.4 Å². The second-order valence-electron chi connectivity index (χ2n) is 5.68. The molecular formula is C16H17F2N3O2. The summed E-state index contributed by atoms with van der Waals surface area (Å²) in [6.45, 7) is 0.563. The van der Waals surface area contributed by atoms with Crippen LogP contribution >= 0.6 is 0 Å². The summed E-state index contributed by atoms with van der Waals surface area (Å²) in [5.41, 5.74) is 0.142. The average Bonchev–Trinajstić information content (AvgIpc) is 2.78. The summed E-state index contributed by atoms with van der Waals surface area (Å²) in [5.74, 6) is -2.23. The van der Waals surface area contributed by atoms with E-state index in [9.17, 15) is 18.4 Å². The van der Waals surface area contributed by atoms with Gasteiger partial charge in [0.05, 0.1) is 5.69 Å². The molecule has 5 nitrogen and oxygen atoms in total. The number of amides is 1. The molecule has 1 aromatic carbocycles. The van der Waals surface area contributed by atoms with Crippen LogP contribution in [0.3, 0.4) is 0 Å². The van der Waals surface area contributed by atoms with Gasteiger partial charge in [0.25, 0.3) is 5.91 Å². The lowest BCUT2D eigenvalue weighted by Gasteiger charge is -2.20. The fourth-order valence-electron chi connectivity index (χ4n) is 3.10. The molecule has 0 radical (unpaired) electrons. The minimum absolute atomic E-state index is 0.194. The lowest BCUT2D eigenvalue weighted by Crippen LogP contribution is -2.31. The van der Waals surface area contributed by atoms with Crippen LogP contribution in [0.2, 0.25) is 0 Å². The Morgan fingerprint density at radius 2 is 1.87 bits per heavy atom. The molecule has 0 aliphatic carbocycles. The van der Waals surface area contributed by atoms with Crippen molar-refractivity contribution >= 4 is 11.6 Å². The van der Waals surface area contributed by atoms with Crippen molar-refractivity contribution in [1.82, 2.24) is 9.13 Å². The van der Waals surface area contributed by atoms with Crippen LogP contribution < -0.4 is 10.6 Å². The first-order valence-corrected chi connectivity index (χ1v) is 7.44. The molecule has 0 N–H and O–H groups in total. The van der Waals surface area contributed by atoms with E-state index in [1.807, 2.05) is 0 Å². The van der Waals surface area contributed by atoms with Crippen LogP contribution in [-0.4, -0.2) is 22.1 Å². The van der Waals surface area contributed by atoms with E-state index < -0.39 is 23.2 Å². The standard InChI is InChI=1S/C16H17F2N3O2/c1-19(13-10(17)6-5-7-11(13)18)15(22)14-12-8-3-4-9-21(12)16(23)20(14)2/h5-7H,3-4,8-9H2,1-2H3. The summed E-state index contributed by atoms with van der Waals surface area (Å²) in [7, 11) is 2.81. The number of hydrogen-bond acceptors (Lipinski definition) is 2. The van der Waals surface area contributed by atoms with Crippen molar-refractivity contribution in [2.24, 2.45) is 7.05 Å². The molecule has 7 heteroatoms. The van der Waals surface area contributed by atoms with Gasteiger partial charge in [0, 0.05) is 20.6 Å². The number of aromatic nitrogens is 2. The number of rotatable bonds is 2. The number of benzene rings is 1. The highest BCUT2D eigenvalue weighted by molar-refractivity contribution is 6.05. The van der Waals surface area contributed by atoms with Crippen molar-refractivity contribution in [3.05, 3.63) is 51.7 Å². The Balaban J connectivity index is 2.10. The number of nitrogens with zero attached hydrogens (tertiary/aromatic N) is 3. The summed E-state index contributed by atoms with van der Waals surface area (Å²) in [5, 5.41) is 0. The number of anilines is 1. The van der Waals surface area contributed by atoms with Crippen LogP contribution in [0.25, 0.3) is 0 Å². The third-order valence-electron chi connectivity index (χ3n) is 4.28. The molecule has 2 aromatic rings. The molecule has 2 heterocycles. The molecule has 3 rings (SSSR count). The fraction of sp³-hybridized carbons (Fsp3) is 0.375. The zero-order chi connectivity index (χ0) is 16.7. The third-order valence-corrected chi connectivity index (χ3v) is 4.28. The van der Waals surface area contributed by atoms with E-state index in [0.717, 1.165) is 29.9 Å². The largest absolute Gasteiger partial charge is 0.328 e. The molecule has 0 bridgehead atoms. The number of para-hydroxylation sites is 1. The molecule has 122 valence electrons. The maximum absolute atomic E-state index is 13.9. The second kappa shape index (κ2) is 5.64. The summed E-state index contributed by atoms with van der Waals surface area (Å²) < 4.78 is 30.7.